The minimum Gasteiger partial charge on any atom is -0.419 e. The van der Waals surface area contributed by atoms with Gasteiger partial charge in [0.2, 0.25) is 0 Å². The fraction of sp³-hybridized carbons (Fsp3) is 0.389. The monoisotopic (exact) mass is 375 g/mol. The van der Waals surface area contributed by atoms with Crippen LogP contribution in [0.2, 0.25) is 0 Å². The maximum absolute atomic E-state index is 12.2. The maximum Gasteiger partial charge on any atom is 0.350 e. The Morgan fingerprint density at radius 1 is 1.11 bits per heavy atom. The van der Waals surface area contributed by atoms with E-state index in [2.05, 4.69) is 10.6 Å². The number of morpholine rings is 1. The van der Waals surface area contributed by atoms with E-state index in [1.165, 1.54) is 20.0 Å². The molecule has 2 heterocycles. The Morgan fingerprint density at radius 2 is 1.74 bits per heavy atom. The molecule has 2 saturated heterocycles. The summed E-state index contributed by atoms with van der Waals surface area (Å²) in [6, 6.07) is 6.66. The standard InChI is InChI=1S/C18H21N3O6/c1-18(2)26-15(22)14(16(23)27-18)11-19-12-4-3-5-13(10-12)20-17(24)21-6-8-25-9-7-21/h3-5,10-11,19H,6-9H2,1-2H3,(H,20,24). The summed E-state index contributed by atoms with van der Waals surface area (Å²) < 4.78 is 15.3. The third kappa shape index (κ3) is 4.76. The average Bonchev–Trinajstić information content (AvgIpc) is 2.61. The number of nitrogens with one attached hydrogen (secondary N) is 2. The number of ether oxygens (including phenoxy) is 3. The molecule has 2 aliphatic rings. The summed E-state index contributed by atoms with van der Waals surface area (Å²) in [7, 11) is 0. The van der Waals surface area contributed by atoms with Gasteiger partial charge in [-0.2, -0.15) is 0 Å². The fourth-order valence-electron chi connectivity index (χ4n) is 2.59. The molecule has 0 unspecified atom stereocenters. The lowest BCUT2D eigenvalue weighted by molar-refractivity contribution is -0.222. The van der Waals surface area contributed by atoms with Gasteiger partial charge in [0.05, 0.1) is 13.2 Å². The SMILES string of the molecule is CC1(C)OC(=O)C(=CNc2cccc(NC(=O)N3CCOCC3)c2)C(=O)O1. The topological polar surface area (TPSA) is 106 Å². The van der Waals surface area contributed by atoms with E-state index in [-0.39, 0.29) is 11.6 Å². The Bertz CT molecular complexity index is 761. The normalized spacial score (nSPS) is 19.0. The van der Waals surface area contributed by atoms with E-state index < -0.39 is 17.7 Å². The molecule has 0 spiro atoms. The maximum atomic E-state index is 12.2. The van der Waals surface area contributed by atoms with Crippen LogP contribution in [-0.2, 0) is 23.8 Å². The van der Waals surface area contributed by atoms with E-state index in [0.717, 1.165) is 0 Å². The first kappa shape index (κ1) is 18.7. The second-order valence-electron chi connectivity index (χ2n) is 6.49. The number of cyclic esters (lactones) is 2. The Kier molecular flexibility index (Phi) is 5.31. The smallest absolute Gasteiger partial charge is 0.350 e. The van der Waals surface area contributed by atoms with Gasteiger partial charge in [0.1, 0.15) is 0 Å². The molecule has 2 fully saturated rings. The van der Waals surface area contributed by atoms with Crippen LogP contribution in [0.1, 0.15) is 13.8 Å². The van der Waals surface area contributed by atoms with Gasteiger partial charge in [0, 0.05) is 44.5 Å². The number of benzene rings is 1. The number of carbonyl (C=O) groups is 3. The molecule has 0 aliphatic carbocycles. The minimum atomic E-state index is -1.28. The van der Waals surface area contributed by atoms with Crippen molar-refractivity contribution in [2.75, 3.05) is 36.9 Å². The molecule has 2 amide bonds. The van der Waals surface area contributed by atoms with E-state index in [4.69, 9.17) is 14.2 Å². The van der Waals surface area contributed by atoms with Crippen LogP contribution >= 0.6 is 0 Å². The summed E-state index contributed by atoms with van der Waals surface area (Å²) in [4.78, 5) is 37.8. The summed E-state index contributed by atoms with van der Waals surface area (Å²) >= 11 is 0. The number of hydrogen-bond donors (Lipinski definition) is 2. The predicted octanol–water partition coefficient (Wildman–Crippen LogP) is 1.68. The number of anilines is 2. The van der Waals surface area contributed by atoms with Crippen LogP contribution < -0.4 is 10.6 Å². The van der Waals surface area contributed by atoms with Crippen LogP contribution in [0.25, 0.3) is 0 Å². The Labute approximate surface area is 156 Å². The fourth-order valence-corrected chi connectivity index (χ4v) is 2.59. The first-order valence-corrected chi connectivity index (χ1v) is 8.51. The van der Waals surface area contributed by atoms with Crippen LogP contribution in [0.15, 0.2) is 36.0 Å². The van der Waals surface area contributed by atoms with Gasteiger partial charge in [-0.3, -0.25) is 0 Å². The highest BCUT2D eigenvalue weighted by Gasteiger charge is 2.38. The lowest BCUT2D eigenvalue weighted by Gasteiger charge is -2.29. The number of hydrogen-bond acceptors (Lipinski definition) is 7. The zero-order valence-electron chi connectivity index (χ0n) is 15.1. The van der Waals surface area contributed by atoms with Crippen molar-refractivity contribution >= 4 is 29.3 Å². The Balaban J connectivity index is 1.64. The molecule has 1 aromatic carbocycles. The second kappa shape index (κ2) is 7.67. The number of amides is 2. The van der Waals surface area contributed by atoms with E-state index in [0.29, 0.717) is 37.7 Å². The van der Waals surface area contributed by atoms with Crippen molar-refractivity contribution in [2.45, 2.75) is 19.6 Å². The molecule has 144 valence electrons. The summed E-state index contributed by atoms with van der Waals surface area (Å²) in [6.07, 6.45) is 1.23. The molecule has 9 heteroatoms. The number of esters is 2. The van der Waals surface area contributed by atoms with E-state index in [9.17, 15) is 14.4 Å². The zero-order chi connectivity index (χ0) is 19.4. The molecule has 3 rings (SSSR count). The van der Waals surface area contributed by atoms with Crippen molar-refractivity contribution in [3.8, 4) is 0 Å². The lowest BCUT2D eigenvalue weighted by Crippen LogP contribution is -2.43. The predicted molar refractivity (Wildman–Crippen MR) is 95.8 cm³/mol. The van der Waals surface area contributed by atoms with Gasteiger partial charge in [0.25, 0.3) is 5.79 Å². The summed E-state index contributed by atoms with van der Waals surface area (Å²) in [5, 5.41) is 5.65. The highest BCUT2D eigenvalue weighted by Crippen LogP contribution is 2.23. The summed E-state index contributed by atoms with van der Waals surface area (Å²) in [5.41, 5.74) is 0.912. The van der Waals surface area contributed by atoms with Gasteiger partial charge < -0.3 is 29.7 Å². The highest BCUT2D eigenvalue weighted by molar-refractivity contribution is 6.15. The van der Waals surface area contributed by atoms with Gasteiger partial charge in [0.15, 0.2) is 5.57 Å². The van der Waals surface area contributed by atoms with Crippen molar-refractivity contribution in [2.24, 2.45) is 0 Å². The third-order valence-corrected chi connectivity index (χ3v) is 3.91. The quantitative estimate of drug-likeness (QED) is 0.470. The lowest BCUT2D eigenvalue weighted by atomic mass is 10.2. The summed E-state index contributed by atoms with van der Waals surface area (Å²) in [6.45, 7) is 5.07. The number of urea groups is 1. The number of nitrogens with zero attached hydrogens (tertiary/aromatic N) is 1. The molecule has 0 atom stereocenters. The second-order valence-corrected chi connectivity index (χ2v) is 6.49. The van der Waals surface area contributed by atoms with Crippen LogP contribution in [0.4, 0.5) is 16.2 Å². The van der Waals surface area contributed by atoms with Gasteiger partial charge in [-0.15, -0.1) is 0 Å². The first-order valence-electron chi connectivity index (χ1n) is 8.51. The van der Waals surface area contributed by atoms with Crippen LogP contribution in [0.5, 0.6) is 0 Å². The summed E-state index contributed by atoms with van der Waals surface area (Å²) in [5.74, 6) is -2.81. The van der Waals surface area contributed by atoms with Crippen molar-refractivity contribution in [3.63, 3.8) is 0 Å². The van der Waals surface area contributed by atoms with Crippen molar-refractivity contribution in [1.29, 1.82) is 0 Å². The van der Waals surface area contributed by atoms with E-state index >= 15 is 0 Å². The number of rotatable bonds is 3. The number of carbonyl (C=O) groups excluding carboxylic acids is 3. The Hall–Kier alpha value is -3.07. The zero-order valence-corrected chi connectivity index (χ0v) is 15.1. The molecule has 0 saturated carbocycles. The third-order valence-electron chi connectivity index (χ3n) is 3.91. The van der Waals surface area contributed by atoms with E-state index in [1.54, 1.807) is 29.2 Å². The first-order chi connectivity index (χ1) is 12.8. The highest BCUT2D eigenvalue weighted by atomic mass is 16.7. The van der Waals surface area contributed by atoms with Crippen LogP contribution in [-0.4, -0.2) is 55.0 Å². The molecule has 2 aliphatic heterocycles. The molecule has 9 nitrogen and oxygen atoms in total. The van der Waals surface area contributed by atoms with Crippen molar-refractivity contribution < 1.29 is 28.6 Å². The molecule has 27 heavy (non-hydrogen) atoms. The van der Waals surface area contributed by atoms with Gasteiger partial charge >= 0.3 is 18.0 Å². The van der Waals surface area contributed by atoms with Gasteiger partial charge in [-0.1, -0.05) is 6.07 Å². The van der Waals surface area contributed by atoms with Gasteiger partial charge in [-0.05, 0) is 18.2 Å². The Morgan fingerprint density at radius 3 is 2.41 bits per heavy atom. The molecule has 0 bridgehead atoms. The van der Waals surface area contributed by atoms with Crippen LogP contribution in [0, 0.1) is 0 Å². The largest absolute Gasteiger partial charge is 0.419 e. The molecular formula is C18H21N3O6. The minimum absolute atomic E-state index is 0.213. The molecule has 2 N–H and O–H groups in total. The van der Waals surface area contributed by atoms with Crippen molar-refractivity contribution in [3.05, 3.63) is 36.0 Å². The molecule has 0 radical (unpaired) electrons. The van der Waals surface area contributed by atoms with Crippen molar-refractivity contribution in [1.82, 2.24) is 4.90 Å². The molecule has 1 aromatic rings. The molecular weight excluding hydrogens is 354 g/mol. The molecule has 0 aromatic heterocycles. The van der Waals surface area contributed by atoms with E-state index in [1.807, 2.05) is 0 Å². The van der Waals surface area contributed by atoms with Crippen LogP contribution in [0.3, 0.4) is 0 Å². The van der Waals surface area contributed by atoms with Gasteiger partial charge in [-0.25, -0.2) is 14.4 Å². The average molecular weight is 375 g/mol.